The normalized spacial score (nSPS) is 39.4. The first-order valence-corrected chi connectivity index (χ1v) is 16.9. The van der Waals surface area contributed by atoms with Gasteiger partial charge in [-0.25, -0.2) is 0 Å². The Kier molecular flexibility index (Phi) is 9.34. The van der Waals surface area contributed by atoms with E-state index in [-0.39, 0.29) is 41.0 Å². The number of fused-ring (bicyclic) bond motifs is 3. The van der Waals surface area contributed by atoms with Crippen LogP contribution in [0.5, 0.6) is 0 Å². The topological polar surface area (TPSA) is 46.2 Å². The minimum atomic E-state index is -0.362. The van der Waals surface area contributed by atoms with Crippen molar-refractivity contribution in [3.05, 3.63) is 71.8 Å². The molecule has 2 aromatic carbocycles. The van der Waals surface area contributed by atoms with E-state index in [4.69, 9.17) is 35.9 Å². The van der Waals surface area contributed by atoms with Gasteiger partial charge in [0.2, 0.25) is 0 Å². The minimum Gasteiger partial charge on any atom is -0.481 e. The second kappa shape index (κ2) is 12.9. The summed E-state index contributed by atoms with van der Waals surface area (Å²) in [5.74, 6) is 0.788. The van der Waals surface area contributed by atoms with Crippen molar-refractivity contribution in [2.24, 2.45) is 17.3 Å². The number of hydrogen-bond donors (Lipinski definition) is 0. The van der Waals surface area contributed by atoms with Crippen LogP contribution < -0.4 is 0 Å². The third-order valence-corrected chi connectivity index (χ3v) is 11.4. The lowest BCUT2D eigenvalue weighted by Crippen LogP contribution is -2.64. The van der Waals surface area contributed by atoms with E-state index < -0.39 is 0 Å². The standard InChI is InChI=1S/C37H50O5S/c1-26-15-16-33(43)40-30-17-18-36(3)31(41-34(26)30)21-29-22-35(2,19-20-38-24-27-11-7-5-8-12-27)32(23-37(29,4)42-36)39-25-28-13-9-6-10-14-28/h5-14,26,29-32,34H,15-25H2,1-4H3/t26-,29?,30?,31?,32?,34?,35-,36-,37+/m1/s1. The second-order valence-electron chi connectivity index (χ2n) is 14.5. The molecule has 43 heavy (non-hydrogen) atoms. The molecule has 6 heteroatoms. The summed E-state index contributed by atoms with van der Waals surface area (Å²) in [6.45, 7) is 11.3. The smallest absolute Gasteiger partial charge is 0.160 e. The molecule has 234 valence electrons. The highest BCUT2D eigenvalue weighted by molar-refractivity contribution is 7.80. The van der Waals surface area contributed by atoms with Crippen LogP contribution in [0.3, 0.4) is 0 Å². The molecule has 0 amide bonds. The molecule has 5 unspecified atom stereocenters. The maximum atomic E-state index is 7.28. The van der Waals surface area contributed by atoms with Crippen LogP contribution in [0.1, 0.15) is 90.2 Å². The lowest BCUT2D eigenvalue weighted by molar-refractivity contribution is -0.295. The van der Waals surface area contributed by atoms with E-state index in [2.05, 4.69) is 82.3 Å². The van der Waals surface area contributed by atoms with Crippen LogP contribution in [0.2, 0.25) is 0 Å². The quantitative estimate of drug-likeness (QED) is 0.223. The van der Waals surface area contributed by atoms with Crippen molar-refractivity contribution < 1.29 is 23.7 Å². The van der Waals surface area contributed by atoms with Gasteiger partial charge >= 0.3 is 0 Å². The monoisotopic (exact) mass is 606 g/mol. The van der Waals surface area contributed by atoms with E-state index in [0.29, 0.717) is 31.7 Å². The first-order valence-electron chi connectivity index (χ1n) is 16.5. The van der Waals surface area contributed by atoms with E-state index in [1.165, 1.54) is 11.1 Å². The van der Waals surface area contributed by atoms with Crippen LogP contribution in [0, 0.1) is 17.3 Å². The molecule has 0 aromatic heterocycles. The maximum Gasteiger partial charge on any atom is 0.160 e. The fraction of sp³-hybridized carbons (Fsp3) is 0.649. The number of ether oxygens (including phenoxy) is 5. The molecule has 6 rings (SSSR count). The van der Waals surface area contributed by atoms with Gasteiger partial charge in [-0.05, 0) is 93.0 Å². The van der Waals surface area contributed by atoms with Crippen LogP contribution in [0.25, 0.3) is 0 Å². The molecule has 4 aliphatic rings. The van der Waals surface area contributed by atoms with Crippen molar-refractivity contribution in [2.75, 3.05) is 6.61 Å². The molecule has 1 saturated carbocycles. The number of hydrogen-bond acceptors (Lipinski definition) is 6. The predicted molar refractivity (Wildman–Crippen MR) is 173 cm³/mol. The fourth-order valence-electron chi connectivity index (χ4n) is 8.26. The van der Waals surface area contributed by atoms with Crippen LogP contribution in [0.15, 0.2) is 60.7 Å². The Labute approximate surface area is 264 Å². The molecule has 3 heterocycles. The molecule has 4 fully saturated rings. The highest BCUT2D eigenvalue weighted by Gasteiger charge is 2.60. The molecule has 2 aromatic rings. The van der Waals surface area contributed by atoms with Gasteiger partial charge in [-0.2, -0.15) is 0 Å². The van der Waals surface area contributed by atoms with Crippen molar-refractivity contribution >= 4 is 17.3 Å². The lowest BCUT2D eigenvalue weighted by atomic mass is 9.58. The SMILES string of the molecule is C[C@@H]1CCC(=S)OC2CC[C@@]3(C)O[C@@]4(C)CC(OCc5ccccc5)[C@](C)(CCOCc5ccccc5)CC4CC3OC21. The third-order valence-electron chi connectivity index (χ3n) is 11.1. The Morgan fingerprint density at radius 3 is 2.30 bits per heavy atom. The largest absolute Gasteiger partial charge is 0.481 e. The fourth-order valence-corrected chi connectivity index (χ4v) is 8.51. The molecule has 1 aliphatic carbocycles. The van der Waals surface area contributed by atoms with Crippen molar-refractivity contribution in [1.29, 1.82) is 0 Å². The van der Waals surface area contributed by atoms with Crippen LogP contribution in [-0.4, -0.2) is 47.3 Å². The van der Waals surface area contributed by atoms with Gasteiger partial charge in [-0.1, -0.05) is 74.5 Å². The zero-order valence-corrected chi connectivity index (χ0v) is 27.3. The summed E-state index contributed by atoms with van der Waals surface area (Å²) in [5, 5.41) is 0.739. The molecule has 3 aliphatic heterocycles. The summed E-state index contributed by atoms with van der Waals surface area (Å²) in [5.41, 5.74) is 1.73. The zero-order valence-electron chi connectivity index (χ0n) is 26.5. The summed E-state index contributed by atoms with van der Waals surface area (Å²) < 4.78 is 33.7. The number of rotatable bonds is 8. The summed E-state index contributed by atoms with van der Waals surface area (Å²) >= 11 is 5.55. The van der Waals surface area contributed by atoms with Crippen molar-refractivity contribution in [3.63, 3.8) is 0 Å². The summed E-state index contributed by atoms with van der Waals surface area (Å²) in [6, 6.07) is 21.0. The summed E-state index contributed by atoms with van der Waals surface area (Å²) in [6.07, 6.45) is 7.71. The van der Waals surface area contributed by atoms with Gasteiger partial charge in [0, 0.05) is 19.4 Å². The highest BCUT2D eigenvalue weighted by atomic mass is 32.1. The number of thiocarbonyl (C=S) groups is 1. The van der Waals surface area contributed by atoms with Gasteiger partial charge in [-0.3, -0.25) is 0 Å². The van der Waals surface area contributed by atoms with Crippen LogP contribution >= 0.6 is 12.2 Å². The average molecular weight is 607 g/mol. The van der Waals surface area contributed by atoms with E-state index in [0.717, 1.165) is 56.4 Å². The Balaban J connectivity index is 1.20. The molecule has 0 spiro atoms. The molecular weight excluding hydrogens is 556 g/mol. The Bertz CT molecular complexity index is 1220. The van der Waals surface area contributed by atoms with E-state index in [1.807, 2.05) is 6.07 Å². The van der Waals surface area contributed by atoms with Gasteiger partial charge in [0.15, 0.2) is 5.05 Å². The lowest BCUT2D eigenvalue weighted by Gasteiger charge is -2.60. The molecular formula is C37H50O5S. The Morgan fingerprint density at radius 1 is 0.884 bits per heavy atom. The van der Waals surface area contributed by atoms with E-state index in [1.54, 1.807) is 0 Å². The predicted octanol–water partition coefficient (Wildman–Crippen LogP) is 8.22. The molecule has 0 N–H and O–H groups in total. The molecule has 0 radical (unpaired) electrons. The average Bonchev–Trinajstić information content (AvgIpc) is 3.21. The molecule has 5 nitrogen and oxygen atoms in total. The van der Waals surface area contributed by atoms with Gasteiger partial charge in [0.25, 0.3) is 0 Å². The third kappa shape index (κ3) is 6.89. The first kappa shape index (κ1) is 31.2. The summed E-state index contributed by atoms with van der Waals surface area (Å²) in [7, 11) is 0. The van der Waals surface area contributed by atoms with Crippen molar-refractivity contribution in [2.45, 2.75) is 128 Å². The van der Waals surface area contributed by atoms with Gasteiger partial charge in [0.1, 0.15) is 6.10 Å². The maximum absolute atomic E-state index is 7.28. The highest BCUT2D eigenvalue weighted by Crippen LogP contribution is 2.57. The number of benzene rings is 2. The summed E-state index contributed by atoms with van der Waals surface area (Å²) in [4.78, 5) is 0. The van der Waals surface area contributed by atoms with E-state index in [9.17, 15) is 0 Å². The minimum absolute atomic E-state index is 0.0137. The van der Waals surface area contributed by atoms with Gasteiger partial charge in [0.05, 0.1) is 42.7 Å². The first-order chi connectivity index (χ1) is 20.7. The Morgan fingerprint density at radius 2 is 1.58 bits per heavy atom. The van der Waals surface area contributed by atoms with Crippen molar-refractivity contribution in [1.82, 2.24) is 0 Å². The van der Waals surface area contributed by atoms with Gasteiger partial charge < -0.3 is 23.7 Å². The zero-order chi connectivity index (χ0) is 30.1. The molecule has 0 bridgehead atoms. The van der Waals surface area contributed by atoms with Crippen LogP contribution in [0.4, 0.5) is 0 Å². The second-order valence-corrected chi connectivity index (χ2v) is 14.9. The molecule has 3 saturated heterocycles. The van der Waals surface area contributed by atoms with Gasteiger partial charge in [-0.15, -0.1) is 0 Å². The van der Waals surface area contributed by atoms with E-state index >= 15 is 0 Å². The Hall–Kier alpha value is -1.83. The van der Waals surface area contributed by atoms with Crippen LogP contribution in [-0.2, 0) is 36.9 Å². The molecule has 9 atom stereocenters. The van der Waals surface area contributed by atoms with Crippen molar-refractivity contribution in [3.8, 4) is 0 Å².